The molecule has 0 amide bonds. The number of halogens is 1. The second-order valence-corrected chi connectivity index (χ2v) is 9.65. The fourth-order valence-electron chi connectivity index (χ4n) is 2.97. The zero-order valence-corrected chi connectivity index (χ0v) is 19.6. The molecule has 1 rings (SSSR count). The first-order valence-electron chi connectivity index (χ1n) is 8.64. The van der Waals surface area contributed by atoms with Crippen LogP contribution in [0.5, 0.6) is 0 Å². The average Bonchev–Trinajstić information content (AvgIpc) is 2.46. The van der Waals surface area contributed by atoms with E-state index in [1.165, 1.54) is 25.5 Å². The van der Waals surface area contributed by atoms with Crippen LogP contribution in [0, 0.1) is 0 Å². The van der Waals surface area contributed by atoms with Gasteiger partial charge in [-0.05, 0) is 53.6 Å². The van der Waals surface area contributed by atoms with Crippen LogP contribution < -0.4 is 15.4 Å². The number of nitrogens with one attached hydrogen (secondary N) is 3. The van der Waals surface area contributed by atoms with Gasteiger partial charge in [-0.25, -0.2) is 13.1 Å². The predicted octanol–water partition coefficient (Wildman–Crippen LogP) is 1.36. The number of sulfonamides is 1. The first kappa shape index (κ1) is 24.9. The Morgan fingerprint density at radius 3 is 2.04 bits per heavy atom. The van der Waals surface area contributed by atoms with E-state index in [0.717, 1.165) is 19.6 Å². The van der Waals surface area contributed by atoms with Crippen molar-refractivity contribution in [2.75, 3.05) is 39.5 Å². The monoisotopic (exact) mass is 489 g/mol. The molecule has 1 heterocycles. The van der Waals surface area contributed by atoms with Gasteiger partial charge in [0.1, 0.15) is 0 Å². The zero-order valence-electron chi connectivity index (χ0n) is 16.5. The van der Waals surface area contributed by atoms with Gasteiger partial charge < -0.3 is 10.6 Å². The van der Waals surface area contributed by atoms with Crippen LogP contribution in [0.15, 0.2) is 4.99 Å². The Labute approximate surface area is 170 Å². The van der Waals surface area contributed by atoms with Gasteiger partial charge in [0.05, 0.1) is 6.26 Å². The second-order valence-electron chi connectivity index (χ2n) is 7.90. The van der Waals surface area contributed by atoms with Crippen molar-refractivity contribution >= 4 is 40.0 Å². The van der Waals surface area contributed by atoms with Crippen molar-refractivity contribution in [1.82, 2.24) is 20.3 Å². The van der Waals surface area contributed by atoms with Crippen LogP contribution in [0.4, 0.5) is 0 Å². The SMILES string of the molecule is CN=C(NCC(C)(C)NS(C)(=O)=O)NCC(C)(C)N1CCCCC1.I. The quantitative estimate of drug-likeness (QED) is 0.286. The summed E-state index contributed by atoms with van der Waals surface area (Å²) in [5.41, 5.74) is -0.536. The summed E-state index contributed by atoms with van der Waals surface area (Å²) in [6, 6.07) is 0. The molecular weight excluding hydrogens is 453 g/mol. The molecule has 1 fully saturated rings. The Kier molecular flexibility index (Phi) is 10.2. The van der Waals surface area contributed by atoms with Gasteiger partial charge in [0.15, 0.2) is 5.96 Å². The number of piperidine rings is 1. The predicted molar refractivity (Wildman–Crippen MR) is 116 cm³/mol. The summed E-state index contributed by atoms with van der Waals surface area (Å²) in [7, 11) is -1.52. The molecule has 0 radical (unpaired) electrons. The minimum absolute atomic E-state index is 0. The summed E-state index contributed by atoms with van der Waals surface area (Å²) in [6.45, 7) is 11.7. The molecule has 1 saturated heterocycles. The highest BCUT2D eigenvalue weighted by Gasteiger charge is 2.28. The maximum absolute atomic E-state index is 11.4. The number of hydrogen-bond donors (Lipinski definition) is 3. The molecule has 1 aliphatic heterocycles. The molecule has 0 spiro atoms. The molecule has 0 atom stereocenters. The second kappa shape index (κ2) is 10.3. The number of nitrogens with zero attached hydrogens (tertiary/aromatic N) is 2. The fraction of sp³-hybridized carbons (Fsp3) is 0.938. The van der Waals surface area contributed by atoms with Crippen LogP contribution in [0.2, 0.25) is 0 Å². The lowest BCUT2D eigenvalue weighted by atomic mass is 9.98. The minimum atomic E-state index is -3.24. The zero-order chi connectivity index (χ0) is 18.4. The normalized spacial score (nSPS) is 17.8. The molecule has 1 aliphatic rings. The highest BCUT2D eigenvalue weighted by Crippen LogP contribution is 2.19. The minimum Gasteiger partial charge on any atom is -0.355 e. The van der Waals surface area contributed by atoms with E-state index >= 15 is 0 Å². The maximum Gasteiger partial charge on any atom is 0.209 e. The van der Waals surface area contributed by atoms with E-state index in [1.54, 1.807) is 7.05 Å². The first-order chi connectivity index (χ1) is 11.0. The van der Waals surface area contributed by atoms with Crippen LogP contribution >= 0.6 is 24.0 Å². The third-order valence-corrected chi connectivity index (χ3v) is 5.21. The van der Waals surface area contributed by atoms with Gasteiger partial charge in [-0.15, -0.1) is 24.0 Å². The van der Waals surface area contributed by atoms with Crippen molar-refractivity contribution in [3.05, 3.63) is 0 Å². The summed E-state index contributed by atoms with van der Waals surface area (Å²) >= 11 is 0. The number of likely N-dealkylation sites (tertiary alicyclic amines) is 1. The molecule has 7 nitrogen and oxygen atoms in total. The molecule has 3 N–H and O–H groups in total. The number of rotatable bonds is 7. The van der Waals surface area contributed by atoms with E-state index < -0.39 is 15.6 Å². The van der Waals surface area contributed by atoms with Gasteiger partial charge in [0, 0.05) is 31.2 Å². The Morgan fingerprint density at radius 1 is 1.04 bits per heavy atom. The van der Waals surface area contributed by atoms with E-state index in [9.17, 15) is 8.42 Å². The molecule has 0 aromatic heterocycles. The smallest absolute Gasteiger partial charge is 0.209 e. The average molecular weight is 489 g/mol. The Balaban J connectivity index is 0.00000576. The molecule has 0 saturated carbocycles. The Bertz CT molecular complexity index is 529. The Morgan fingerprint density at radius 2 is 1.56 bits per heavy atom. The number of guanidine groups is 1. The lowest BCUT2D eigenvalue weighted by Crippen LogP contribution is -2.57. The van der Waals surface area contributed by atoms with Gasteiger partial charge in [-0.1, -0.05) is 6.42 Å². The van der Waals surface area contributed by atoms with Crippen molar-refractivity contribution in [2.45, 2.75) is 58.0 Å². The van der Waals surface area contributed by atoms with E-state index in [4.69, 9.17) is 0 Å². The summed E-state index contributed by atoms with van der Waals surface area (Å²) in [6.07, 6.45) is 5.03. The highest BCUT2D eigenvalue weighted by molar-refractivity contribution is 14.0. The van der Waals surface area contributed by atoms with Gasteiger partial charge in [0.2, 0.25) is 10.0 Å². The molecule has 25 heavy (non-hydrogen) atoms. The molecule has 150 valence electrons. The number of hydrogen-bond acceptors (Lipinski definition) is 4. The Hall–Kier alpha value is -0.130. The lowest BCUT2D eigenvalue weighted by molar-refractivity contribution is 0.0982. The van der Waals surface area contributed by atoms with Crippen LogP contribution in [-0.2, 0) is 10.0 Å². The van der Waals surface area contributed by atoms with Gasteiger partial charge in [-0.3, -0.25) is 9.89 Å². The number of aliphatic imine (C=N–C) groups is 1. The molecule has 0 unspecified atom stereocenters. The third kappa shape index (κ3) is 9.95. The summed E-state index contributed by atoms with van der Waals surface area (Å²) in [5, 5.41) is 6.56. The first-order valence-corrected chi connectivity index (χ1v) is 10.5. The van der Waals surface area contributed by atoms with Crippen LogP contribution in [0.1, 0.15) is 47.0 Å². The molecule has 0 bridgehead atoms. The van der Waals surface area contributed by atoms with Gasteiger partial charge in [0.25, 0.3) is 0 Å². The van der Waals surface area contributed by atoms with Crippen molar-refractivity contribution in [3.63, 3.8) is 0 Å². The summed E-state index contributed by atoms with van der Waals surface area (Å²) < 4.78 is 25.4. The third-order valence-electron chi connectivity index (χ3n) is 4.28. The van der Waals surface area contributed by atoms with Gasteiger partial charge in [-0.2, -0.15) is 0 Å². The van der Waals surface area contributed by atoms with E-state index in [-0.39, 0.29) is 29.5 Å². The topological polar surface area (TPSA) is 85.8 Å². The van der Waals surface area contributed by atoms with E-state index in [0.29, 0.717) is 12.5 Å². The standard InChI is InChI=1S/C16H35N5O2S.HI/c1-15(2,20-24(6,22)23)12-18-14(17-5)19-13-16(3,4)21-10-8-7-9-11-21;/h20H,7-13H2,1-6H3,(H2,17,18,19);1H. The van der Waals surface area contributed by atoms with Crippen molar-refractivity contribution < 1.29 is 8.42 Å². The van der Waals surface area contributed by atoms with E-state index in [2.05, 4.69) is 39.1 Å². The largest absolute Gasteiger partial charge is 0.355 e. The molecule has 0 aliphatic carbocycles. The van der Waals surface area contributed by atoms with Crippen LogP contribution in [-0.4, -0.2) is 69.8 Å². The molecule has 9 heteroatoms. The summed E-state index contributed by atoms with van der Waals surface area (Å²) in [4.78, 5) is 6.75. The summed E-state index contributed by atoms with van der Waals surface area (Å²) in [5.74, 6) is 0.684. The van der Waals surface area contributed by atoms with Crippen molar-refractivity contribution in [3.8, 4) is 0 Å². The fourth-order valence-corrected chi connectivity index (χ4v) is 4.05. The molecular formula is C16H36IN5O2S. The van der Waals surface area contributed by atoms with Crippen molar-refractivity contribution in [2.24, 2.45) is 4.99 Å². The maximum atomic E-state index is 11.4. The van der Waals surface area contributed by atoms with Gasteiger partial charge >= 0.3 is 0 Å². The molecule has 0 aromatic rings. The molecule has 0 aromatic carbocycles. The lowest BCUT2D eigenvalue weighted by Gasteiger charge is -2.41. The van der Waals surface area contributed by atoms with E-state index in [1.807, 2.05) is 13.8 Å². The van der Waals surface area contributed by atoms with Crippen molar-refractivity contribution in [1.29, 1.82) is 0 Å². The highest BCUT2D eigenvalue weighted by atomic mass is 127. The van der Waals surface area contributed by atoms with Crippen LogP contribution in [0.3, 0.4) is 0 Å². The van der Waals surface area contributed by atoms with Crippen LogP contribution in [0.25, 0.3) is 0 Å².